The van der Waals surface area contributed by atoms with Crippen molar-refractivity contribution in [3.05, 3.63) is 53.1 Å². The van der Waals surface area contributed by atoms with Gasteiger partial charge in [0.15, 0.2) is 11.5 Å². The molecule has 0 amide bonds. The molecule has 0 unspecified atom stereocenters. The summed E-state index contributed by atoms with van der Waals surface area (Å²) < 4.78 is 73.2. The zero-order valence-electron chi connectivity index (χ0n) is 12.6. The van der Waals surface area contributed by atoms with Crippen LogP contribution in [0.2, 0.25) is 0 Å². The molecule has 0 atom stereocenters. The predicted octanol–water partition coefficient (Wildman–Crippen LogP) is 4.09. The van der Waals surface area contributed by atoms with Crippen molar-refractivity contribution in [3.63, 3.8) is 0 Å². The number of hydrogen-bond acceptors (Lipinski definition) is 3. The highest BCUT2D eigenvalue weighted by Crippen LogP contribution is 2.42. The van der Waals surface area contributed by atoms with Crippen LogP contribution in [0, 0.1) is 4.91 Å². The summed E-state index contributed by atoms with van der Waals surface area (Å²) in [6.07, 6.45) is -7.22. The maximum Gasteiger partial charge on any atom is 0.586 e. The minimum absolute atomic E-state index is 0.000659. The Kier molecular flexibility index (Phi) is 3.24. The lowest BCUT2D eigenvalue weighted by Gasteiger charge is -2.07. The molecule has 0 saturated heterocycles. The monoisotopic (exact) mass is 371 g/mol. The highest BCUT2D eigenvalue weighted by Gasteiger charge is 2.44. The van der Waals surface area contributed by atoms with Crippen LogP contribution < -0.4 is 13.9 Å². The number of alkyl halides is 5. The standard InChI is InChI=1S/C16H8F5N2O3/c17-15(18,19)9-3-1-8(2-4-9)11-7-23(24)12-6-14-13(5-10(12)22-11)25-16(20,21)26-14/h1-7H,(H,22,24)/q+1. The van der Waals surface area contributed by atoms with E-state index in [1.807, 2.05) is 0 Å². The lowest BCUT2D eigenvalue weighted by molar-refractivity contribution is -0.463. The summed E-state index contributed by atoms with van der Waals surface area (Å²) in [5.41, 5.74) is -0.167. The second kappa shape index (κ2) is 5.16. The Hall–Kier alpha value is -3.17. The van der Waals surface area contributed by atoms with Crippen LogP contribution in [0.3, 0.4) is 0 Å². The van der Waals surface area contributed by atoms with Crippen LogP contribution in [0.1, 0.15) is 5.56 Å². The average Bonchev–Trinajstić information content (AvgIpc) is 2.85. The van der Waals surface area contributed by atoms with E-state index in [2.05, 4.69) is 14.5 Å². The van der Waals surface area contributed by atoms with E-state index in [1.165, 1.54) is 12.1 Å². The molecular weight excluding hydrogens is 363 g/mol. The molecule has 0 radical (unpaired) electrons. The Morgan fingerprint density at radius 1 is 1.00 bits per heavy atom. The van der Waals surface area contributed by atoms with Gasteiger partial charge in [0.25, 0.3) is 11.7 Å². The van der Waals surface area contributed by atoms with Gasteiger partial charge in [-0.1, -0.05) is 12.1 Å². The molecule has 10 heteroatoms. The summed E-state index contributed by atoms with van der Waals surface area (Å²) >= 11 is 0. The number of fused-ring (bicyclic) bond motifs is 2. The van der Waals surface area contributed by atoms with E-state index in [0.29, 0.717) is 9.99 Å². The summed E-state index contributed by atoms with van der Waals surface area (Å²) in [7, 11) is 0. The van der Waals surface area contributed by atoms with Crippen molar-refractivity contribution in [2.45, 2.75) is 12.5 Å². The molecule has 3 aromatic rings. The fraction of sp³-hybridized carbons (Fsp3) is 0.125. The number of aromatic amines is 1. The maximum atomic E-state index is 13.1. The van der Waals surface area contributed by atoms with E-state index in [-0.39, 0.29) is 28.2 Å². The fourth-order valence-corrected chi connectivity index (χ4v) is 2.62. The van der Waals surface area contributed by atoms with Gasteiger partial charge < -0.3 is 14.5 Å². The van der Waals surface area contributed by atoms with Gasteiger partial charge >= 0.3 is 12.5 Å². The molecule has 1 aliphatic rings. The number of H-pyrrole nitrogens is 1. The van der Waals surface area contributed by atoms with Crippen LogP contribution in [0.5, 0.6) is 11.5 Å². The van der Waals surface area contributed by atoms with E-state index in [4.69, 9.17) is 0 Å². The molecule has 0 saturated carbocycles. The Morgan fingerprint density at radius 3 is 2.23 bits per heavy atom. The van der Waals surface area contributed by atoms with Gasteiger partial charge in [-0.3, -0.25) is 0 Å². The zero-order chi connectivity index (χ0) is 18.7. The topological polar surface area (TPSA) is 57.2 Å². The number of nitrogens with zero attached hydrogens (tertiary/aromatic N) is 1. The molecule has 0 bridgehead atoms. The Morgan fingerprint density at radius 2 is 1.62 bits per heavy atom. The summed E-state index contributed by atoms with van der Waals surface area (Å²) in [6.45, 7) is 0. The molecule has 1 N–H and O–H groups in total. The lowest BCUT2D eigenvalue weighted by atomic mass is 10.1. The number of nitrogens with one attached hydrogen (secondary N) is 1. The van der Waals surface area contributed by atoms with Crippen LogP contribution in [0.25, 0.3) is 22.3 Å². The van der Waals surface area contributed by atoms with Crippen molar-refractivity contribution in [1.29, 1.82) is 0 Å². The number of halogens is 5. The van der Waals surface area contributed by atoms with E-state index in [9.17, 15) is 26.9 Å². The van der Waals surface area contributed by atoms with Gasteiger partial charge in [0.05, 0.1) is 16.1 Å². The zero-order valence-corrected chi connectivity index (χ0v) is 12.6. The van der Waals surface area contributed by atoms with Crippen LogP contribution >= 0.6 is 0 Å². The summed E-state index contributed by atoms with van der Waals surface area (Å²) in [5, 5.41) is 0. The molecule has 2 heterocycles. The number of ether oxygens (including phenoxy) is 2. The summed E-state index contributed by atoms with van der Waals surface area (Å²) in [4.78, 5) is 15.0. The van der Waals surface area contributed by atoms with Crippen LogP contribution in [0.15, 0.2) is 42.6 Å². The van der Waals surface area contributed by atoms with Gasteiger partial charge in [0.2, 0.25) is 0 Å². The van der Waals surface area contributed by atoms with Gasteiger partial charge in [0, 0.05) is 16.5 Å². The average molecular weight is 371 g/mol. The molecule has 26 heavy (non-hydrogen) atoms. The van der Waals surface area contributed by atoms with Crippen LogP contribution in [-0.2, 0) is 6.18 Å². The Labute approximate surface area is 141 Å². The second-order valence-electron chi connectivity index (χ2n) is 5.55. The normalized spacial score (nSPS) is 15.4. The largest absolute Gasteiger partial charge is 0.586 e. The third-order valence-electron chi connectivity index (χ3n) is 3.80. The second-order valence-corrected chi connectivity index (χ2v) is 5.55. The molecule has 2 aromatic carbocycles. The molecule has 1 aromatic heterocycles. The van der Waals surface area contributed by atoms with Gasteiger partial charge in [-0.05, 0) is 12.1 Å². The highest BCUT2D eigenvalue weighted by atomic mass is 19.4. The highest BCUT2D eigenvalue weighted by molar-refractivity contribution is 5.78. The van der Waals surface area contributed by atoms with Crippen molar-refractivity contribution in [1.82, 2.24) is 4.98 Å². The minimum atomic E-state index is -4.48. The summed E-state index contributed by atoms with van der Waals surface area (Å²) in [5.74, 6) is -0.550. The molecule has 0 spiro atoms. The Balaban J connectivity index is 1.81. The summed E-state index contributed by atoms with van der Waals surface area (Å²) in [6, 6.07) is 6.40. The molecule has 4 rings (SSSR count). The molecular formula is C16H8F5N2O3+. The first-order valence-corrected chi connectivity index (χ1v) is 7.19. The fourth-order valence-electron chi connectivity index (χ4n) is 2.62. The van der Waals surface area contributed by atoms with E-state index in [1.54, 1.807) is 0 Å². The van der Waals surface area contributed by atoms with Gasteiger partial charge in [-0.15, -0.1) is 8.78 Å². The number of aromatic nitrogens is 2. The van der Waals surface area contributed by atoms with Crippen molar-refractivity contribution in [2.75, 3.05) is 0 Å². The molecule has 5 nitrogen and oxygen atoms in total. The van der Waals surface area contributed by atoms with E-state index < -0.39 is 18.0 Å². The number of hydrogen-bond donors (Lipinski definition) is 1. The molecule has 0 fully saturated rings. The number of benzene rings is 2. The van der Waals surface area contributed by atoms with Gasteiger partial charge in [0.1, 0.15) is 11.2 Å². The maximum absolute atomic E-state index is 13.1. The first-order chi connectivity index (χ1) is 12.1. The third kappa shape index (κ3) is 2.72. The van der Waals surface area contributed by atoms with Crippen LogP contribution in [0.4, 0.5) is 22.0 Å². The quantitative estimate of drug-likeness (QED) is 0.518. The first-order valence-electron chi connectivity index (χ1n) is 7.19. The van der Waals surface area contributed by atoms with Gasteiger partial charge in [-0.25, -0.2) is 0 Å². The van der Waals surface area contributed by atoms with E-state index in [0.717, 1.165) is 30.5 Å². The van der Waals surface area contributed by atoms with E-state index >= 15 is 0 Å². The minimum Gasteiger partial charge on any atom is -0.395 e. The SMILES string of the molecule is O=[n+]1cc(-c2ccc(C(F)(F)F)cc2)[nH]c2cc3c(cc21)OC(F)(F)O3. The van der Waals surface area contributed by atoms with Gasteiger partial charge in [-0.2, -0.15) is 13.2 Å². The lowest BCUT2D eigenvalue weighted by Crippen LogP contribution is -2.25. The van der Waals surface area contributed by atoms with Crippen molar-refractivity contribution in [3.8, 4) is 22.8 Å². The predicted molar refractivity (Wildman–Crippen MR) is 78.3 cm³/mol. The Bertz CT molecular complexity index is 1070. The third-order valence-corrected chi connectivity index (χ3v) is 3.80. The van der Waals surface area contributed by atoms with Crippen LogP contribution in [-0.4, -0.2) is 11.3 Å². The molecule has 1 aliphatic heterocycles. The first kappa shape index (κ1) is 16.3. The smallest absolute Gasteiger partial charge is 0.395 e. The van der Waals surface area contributed by atoms with Crippen molar-refractivity contribution < 1.29 is 35.9 Å². The number of rotatable bonds is 1. The van der Waals surface area contributed by atoms with Crippen molar-refractivity contribution in [2.24, 2.45) is 0 Å². The molecule has 0 aliphatic carbocycles. The van der Waals surface area contributed by atoms with Crippen molar-refractivity contribution >= 4 is 11.0 Å². The molecule has 134 valence electrons.